The molecule has 2 aromatic carbocycles. The molecular weight excluding hydrogens is 347 g/mol. The number of halogens is 2. The number of carbonyl (C=O) groups is 2. The highest BCUT2D eigenvalue weighted by molar-refractivity contribution is 6.42. The molecule has 0 bridgehead atoms. The van der Waals surface area contributed by atoms with E-state index >= 15 is 0 Å². The third kappa shape index (κ3) is 4.98. The number of carbonyl (C=O) groups excluding carboxylic acids is 2. The Kier molecular flexibility index (Phi) is 6.23. The van der Waals surface area contributed by atoms with Gasteiger partial charge in [-0.15, -0.1) is 0 Å². The Balaban J connectivity index is 2.09. The lowest BCUT2D eigenvalue weighted by atomic mass is 10.1. The van der Waals surface area contributed by atoms with Gasteiger partial charge in [0, 0.05) is 23.4 Å². The molecule has 0 unspecified atom stereocenters. The fourth-order valence-electron chi connectivity index (χ4n) is 1.98. The first-order valence-corrected chi connectivity index (χ1v) is 8.27. The van der Waals surface area contributed by atoms with Crippen molar-refractivity contribution in [2.75, 3.05) is 11.9 Å². The Hall–Kier alpha value is -2.04. The van der Waals surface area contributed by atoms with Gasteiger partial charge in [-0.3, -0.25) is 9.59 Å². The molecular formula is C18H18Cl2N2O2. The number of nitrogens with one attached hydrogen (secondary N) is 2. The van der Waals surface area contributed by atoms with Crippen LogP contribution in [0.25, 0.3) is 0 Å². The van der Waals surface area contributed by atoms with Gasteiger partial charge in [0.2, 0.25) is 0 Å². The van der Waals surface area contributed by atoms with Crippen LogP contribution in [0.2, 0.25) is 10.0 Å². The molecule has 0 aliphatic carbocycles. The predicted octanol–water partition coefficient (Wildman–Crippen LogP) is 4.63. The fraction of sp³-hybridized carbons (Fsp3) is 0.222. The zero-order valence-electron chi connectivity index (χ0n) is 13.4. The SMILES string of the molecule is CC(C)CNC(=O)c1cccc(NC(=O)c2ccc(Cl)c(Cl)c2)c1. The maximum absolute atomic E-state index is 12.3. The fourth-order valence-corrected chi connectivity index (χ4v) is 2.28. The molecule has 6 heteroatoms. The minimum Gasteiger partial charge on any atom is -0.352 e. The quantitative estimate of drug-likeness (QED) is 0.812. The third-order valence-corrected chi connectivity index (χ3v) is 3.97. The van der Waals surface area contributed by atoms with Crippen molar-refractivity contribution in [1.82, 2.24) is 5.32 Å². The van der Waals surface area contributed by atoms with Crippen molar-refractivity contribution in [2.45, 2.75) is 13.8 Å². The Labute approximate surface area is 151 Å². The molecule has 0 spiro atoms. The number of benzene rings is 2. The molecule has 2 amide bonds. The Morgan fingerprint density at radius 3 is 2.33 bits per heavy atom. The summed E-state index contributed by atoms with van der Waals surface area (Å²) in [5.74, 6) is -0.130. The molecule has 0 radical (unpaired) electrons. The third-order valence-electron chi connectivity index (χ3n) is 3.24. The molecule has 0 heterocycles. The van der Waals surface area contributed by atoms with Gasteiger partial charge in [0.15, 0.2) is 0 Å². The van der Waals surface area contributed by atoms with E-state index in [0.29, 0.717) is 39.3 Å². The van der Waals surface area contributed by atoms with E-state index in [0.717, 1.165) is 0 Å². The summed E-state index contributed by atoms with van der Waals surface area (Å²) in [4.78, 5) is 24.3. The van der Waals surface area contributed by atoms with Gasteiger partial charge < -0.3 is 10.6 Å². The van der Waals surface area contributed by atoms with E-state index in [9.17, 15) is 9.59 Å². The second kappa shape index (κ2) is 8.18. The summed E-state index contributed by atoms with van der Waals surface area (Å²) < 4.78 is 0. The van der Waals surface area contributed by atoms with E-state index in [1.54, 1.807) is 36.4 Å². The van der Waals surface area contributed by atoms with Crippen molar-refractivity contribution in [1.29, 1.82) is 0 Å². The lowest BCUT2D eigenvalue weighted by Crippen LogP contribution is -2.27. The number of rotatable bonds is 5. The van der Waals surface area contributed by atoms with Crippen LogP contribution in [0.3, 0.4) is 0 Å². The van der Waals surface area contributed by atoms with E-state index in [-0.39, 0.29) is 11.8 Å². The minimum absolute atomic E-state index is 0.172. The normalized spacial score (nSPS) is 10.5. The average molecular weight is 365 g/mol. The first-order chi connectivity index (χ1) is 11.4. The van der Waals surface area contributed by atoms with E-state index < -0.39 is 0 Å². The van der Waals surface area contributed by atoms with E-state index in [2.05, 4.69) is 10.6 Å². The molecule has 0 aliphatic rings. The molecule has 2 rings (SSSR count). The summed E-state index contributed by atoms with van der Waals surface area (Å²) in [6.07, 6.45) is 0. The molecule has 2 N–H and O–H groups in total. The molecule has 0 saturated heterocycles. The van der Waals surface area contributed by atoms with Gasteiger partial charge >= 0.3 is 0 Å². The monoisotopic (exact) mass is 364 g/mol. The second-order valence-electron chi connectivity index (χ2n) is 5.77. The molecule has 0 saturated carbocycles. The molecule has 0 aromatic heterocycles. The van der Waals surface area contributed by atoms with Gasteiger partial charge in [0.1, 0.15) is 0 Å². The lowest BCUT2D eigenvalue weighted by molar-refractivity contribution is 0.0947. The van der Waals surface area contributed by atoms with Gasteiger partial charge in [-0.2, -0.15) is 0 Å². The molecule has 2 aromatic rings. The smallest absolute Gasteiger partial charge is 0.255 e. The number of hydrogen-bond acceptors (Lipinski definition) is 2. The Morgan fingerprint density at radius 1 is 0.958 bits per heavy atom. The molecule has 0 aliphatic heterocycles. The maximum Gasteiger partial charge on any atom is 0.255 e. The molecule has 4 nitrogen and oxygen atoms in total. The lowest BCUT2D eigenvalue weighted by Gasteiger charge is -2.10. The van der Waals surface area contributed by atoms with Crippen LogP contribution >= 0.6 is 23.2 Å². The number of amides is 2. The van der Waals surface area contributed by atoms with Crippen molar-refractivity contribution < 1.29 is 9.59 Å². The van der Waals surface area contributed by atoms with Crippen LogP contribution < -0.4 is 10.6 Å². The minimum atomic E-state index is -0.326. The largest absolute Gasteiger partial charge is 0.352 e. The van der Waals surface area contributed by atoms with Crippen LogP contribution in [-0.2, 0) is 0 Å². The summed E-state index contributed by atoms with van der Waals surface area (Å²) in [6.45, 7) is 4.64. The zero-order chi connectivity index (χ0) is 17.7. The van der Waals surface area contributed by atoms with Crippen LogP contribution in [0.5, 0.6) is 0 Å². The van der Waals surface area contributed by atoms with E-state index in [4.69, 9.17) is 23.2 Å². The highest BCUT2D eigenvalue weighted by Crippen LogP contribution is 2.23. The van der Waals surface area contributed by atoms with E-state index in [1.807, 2.05) is 13.8 Å². The summed E-state index contributed by atoms with van der Waals surface area (Å²) in [5, 5.41) is 6.28. The standard InChI is InChI=1S/C18H18Cl2N2O2/c1-11(2)10-21-17(23)12-4-3-5-14(8-12)22-18(24)13-6-7-15(19)16(20)9-13/h3-9,11H,10H2,1-2H3,(H,21,23)(H,22,24). The van der Waals surface area contributed by atoms with Crippen molar-refractivity contribution >= 4 is 40.7 Å². The average Bonchev–Trinajstić information content (AvgIpc) is 2.55. The van der Waals surface area contributed by atoms with Crippen molar-refractivity contribution in [3.8, 4) is 0 Å². The summed E-state index contributed by atoms with van der Waals surface area (Å²) in [5.41, 5.74) is 1.41. The van der Waals surface area contributed by atoms with Crippen LogP contribution in [0, 0.1) is 5.92 Å². The number of anilines is 1. The highest BCUT2D eigenvalue weighted by Gasteiger charge is 2.11. The highest BCUT2D eigenvalue weighted by atomic mass is 35.5. The Morgan fingerprint density at radius 2 is 1.67 bits per heavy atom. The Bertz CT molecular complexity index is 760. The number of hydrogen-bond donors (Lipinski definition) is 2. The van der Waals surface area contributed by atoms with Crippen LogP contribution in [0.4, 0.5) is 5.69 Å². The molecule has 0 atom stereocenters. The van der Waals surface area contributed by atoms with Crippen molar-refractivity contribution in [3.05, 3.63) is 63.6 Å². The van der Waals surface area contributed by atoms with Gasteiger partial charge in [0.05, 0.1) is 10.0 Å². The summed E-state index contributed by atoms with van der Waals surface area (Å²) in [6, 6.07) is 11.4. The molecule has 0 fully saturated rings. The molecule has 24 heavy (non-hydrogen) atoms. The van der Waals surface area contributed by atoms with Gasteiger partial charge in [-0.25, -0.2) is 0 Å². The first-order valence-electron chi connectivity index (χ1n) is 7.51. The summed E-state index contributed by atoms with van der Waals surface area (Å²) in [7, 11) is 0. The topological polar surface area (TPSA) is 58.2 Å². The van der Waals surface area contributed by atoms with Crippen LogP contribution in [-0.4, -0.2) is 18.4 Å². The second-order valence-corrected chi connectivity index (χ2v) is 6.58. The molecule has 126 valence electrons. The maximum atomic E-state index is 12.3. The van der Waals surface area contributed by atoms with Crippen molar-refractivity contribution in [2.24, 2.45) is 5.92 Å². The van der Waals surface area contributed by atoms with Crippen molar-refractivity contribution in [3.63, 3.8) is 0 Å². The van der Waals surface area contributed by atoms with Gasteiger partial charge in [-0.1, -0.05) is 43.1 Å². The first kappa shape index (κ1) is 18.3. The predicted molar refractivity (Wildman–Crippen MR) is 98.0 cm³/mol. The van der Waals surface area contributed by atoms with Gasteiger partial charge in [0.25, 0.3) is 11.8 Å². The van der Waals surface area contributed by atoms with Crippen LogP contribution in [0.15, 0.2) is 42.5 Å². The summed E-state index contributed by atoms with van der Waals surface area (Å²) >= 11 is 11.8. The van der Waals surface area contributed by atoms with E-state index in [1.165, 1.54) is 6.07 Å². The zero-order valence-corrected chi connectivity index (χ0v) is 14.9. The van der Waals surface area contributed by atoms with Crippen LogP contribution in [0.1, 0.15) is 34.6 Å². The van der Waals surface area contributed by atoms with Gasteiger partial charge in [-0.05, 0) is 42.3 Å².